The number of aliphatic hydroxyl groups is 3. The van der Waals surface area contributed by atoms with Gasteiger partial charge in [0.15, 0.2) is 6.10 Å². The molecule has 4 N–H and O–H groups in total. The molecule has 0 radical (unpaired) electrons. The predicted octanol–water partition coefficient (Wildman–Crippen LogP) is 0.152. The standard InChI is InChI=1S/C16H28Cl2N2O4/c1-19-15(10-6-11(17)12(18)7-13(10)22)9-2-4-20(5-3-9)16(24)14(23)8-21/h9-15,19,21-23H,2-8H2,1H3/t10?,11?,12?,13?,14-,15?/m1/s1. The van der Waals surface area contributed by atoms with E-state index in [0.29, 0.717) is 31.8 Å². The number of hydrogen-bond acceptors (Lipinski definition) is 5. The fourth-order valence-electron chi connectivity index (χ4n) is 4.07. The summed E-state index contributed by atoms with van der Waals surface area (Å²) in [7, 11) is 1.89. The zero-order valence-electron chi connectivity index (χ0n) is 13.9. The molecular weight excluding hydrogens is 355 g/mol. The van der Waals surface area contributed by atoms with Gasteiger partial charge in [0.05, 0.1) is 23.5 Å². The van der Waals surface area contributed by atoms with Crippen LogP contribution in [0.5, 0.6) is 0 Å². The first-order valence-corrected chi connectivity index (χ1v) is 9.47. The average Bonchev–Trinajstić information content (AvgIpc) is 2.59. The van der Waals surface area contributed by atoms with Crippen molar-refractivity contribution >= 4 is 29.1 Å². The highest BCUT2D eigenvalue weighted by atomic mass is 35.5. The van der Waals surface area contributed by atoms with Crippen LogP contribution in [0.15, 0.2) is 0 Å². The maximum atomic E-state index is 11.9. The minimum absolute atomic E-state index is 0.0442. The topological polar surface area (TPSA) is 93.0 Å². The summed E-state index contributed by atoms with van der Waals surface area (Å²) in [5.74, 6) is -0.0519. The Labute approximate surface area is 153 Å². The third-order valence-electron chi connectivity index (χ3n) is 5.46. The number of nitrogens with one attached hydrogen (secondary N) is 1. The highest BCUT2D eigenvalue weighted by molar-refractivity contribution is 6.30. The molecule has 0 aromatic rings. The molecule has 6 atom stereocenters. The lowest BCUT2D eigenvalue weighted by Gasteiger charge is -2.44. The van der Waals surface area contributed by atoms with Gasteiger partial charge in [-0.25, -0.2) is 0 Å². The Bertz CT molecular complexity index is 421. The minimum atomic E-state index is -1.33. The van der Waals surface area contributed by atoms with Gasteiger partial charge in [-0.15, -0.1) is 23.2 Å². The molecule has 2 aliphatic rings. The first kappa shape index (κ1) is 20.2. The van der Waals surface area contributed by atoms with E-state index in [2.05, 4.69) is 5.32 Å². The van der Waals surface area contributed by atoms with Gasteiger partial charge in [0.1, 0.15) is 0 Å². The number of nitrogens with zero attached hydrogens (tertiary/aromatic N) is 1. The number of amides is 1. The summed E-state index contributed by atoms with van der Waals surface area (Å²) in [4.78, 5) is 13.5. The number of likely N-dealkylation sites (tertiary alicyclic amines) is 1. The van der Waals surface area contributed by atoms with E-state index in [4.69, 9.17) is 28.3 Å². The van der Waals surface area contributed by atoms with Gasteiger partial charge < -0.3 is 25.5 Å². The molecule has 24 heavy (non-hydrogen) atoms. The maximum absolute atomic E-state index is 11.9. The SMILES string of the molecule is CNC(C1CCN(C(=O)[C@H](O)CO)CC1)C1CC(Cl)C(Cl)CC1O. The van der Waals surface area contributed by atoms with Crippen molar-refractivity contribution in [1.82, 2.24) is 10.2 Å². The van der Waals surface area contributed by atoms with Gasteiger partial charge in [0.2, 0.25) is 0 Å². The lowest BCUT2D eigenvalue weighted by Crippen LogP contribution is -2.53. The van der Waals surface area contributed by atoms with Gasteiger partial charge in [-0.05, 0) is 38.6 Å². The highest BCUT2D eigenvalue weighted by Gasteiger charge is 2.41. The first-order chi connectivity index (χ1) is 11.4. The fourth-order valence-corrected chi connectivity index (χ4v) is 4.67. The van der Waals surface area contributed by atoms with Gasteiger partial charge >= 0.3 is 0 Å². The lowest BCUT2D eigenvalue weighted by atomic mass is 9.74. The largest absolute Gasteiger partial charge is 0.393 e. The molecule has 5 unspecified atom stereocenters. The number of rotatable bonds is 5. The lowest BCUT2D eigenvalue weighted by molar-refractivity contribution is -0.143. The third-order valence-corrected chi connectivity index (χ3v) is 6.56. The van der Waals surface area contributed by atoms with Crippen LogP contribution in [0.3, 0.4) is 0 Å². The van der Waals surface area contributed by atoms with Crippen molar-refractivity contribution in [2.24, 2.45) is 11.8 Å². The van der Waals surface area contributed by atoms with Crippen molar-refractivity contribution in [3.8, 4) is 0 Å². The van der Waals surface area contributed by atoms with Crippen LogP contribution in [0.25, 0.3) is 0 Å². The van der Waals surface area contributed by atoms with E-state index in [0.717, 1.165) is 12.8 Å². The zero-order chi connectivity index (χ0) is 17.9. The van der Waals surface area contributed by atoms with Gasteiger partial charge in [0, 0.05) is 25.0 Å². The Balaban J connectivity index is 1.94. The number of carbonyl (C=O) groups is 1. The Kier molecular flexibility index (Phi) is 7.59. The van der Waals surface area contributed by atoms with E-state index in [1.165, 1.54) is 0 Å². The molecule has 8 heteroatoms. The van der Waals surface area contributed by atoms with E-state index in [1.807, 2.05) is 7.05 Å². The quantitative estimate of drug-likeness (QED) is 0.508. The van der Waals surface area contributed by atoms with Crippen molar-refractivity contribution in [2.75, 3.05) is 26.7 Å². The summed E-state index contributed by atoms with van der Waals surface area (Å²) in [6.07, 6.45) is 0.935. The van der Waals surface area contributed by atoms with Crippen LogP contribution in [0.1, 0.15) is 25.7 Å². The van der Waals surface area contributed by atoms with Crippen molar-refractivity contribution in [2.45, 2.75) is 54.7 Å². The molecule has 1 aliphatic carbocycles. The Morgan fingerprint density at radius 1 is 1.25 bits per heavy atom. The average molecular weight is 383 g/mol. The van der Waals surface area contributed by atoms with Gasteiger partial charge in [-0.3, -0.25) is 4.79 Å². The number of piperidine rings is 1. The van der Waals surface area contributed by atoms with Crippen molar-refractivity contribution in [1.29, 1.82) is 0 Å². The molecule has 2 fully saturated rings. The summed E-state index contributed by atoms with van der Waals surface area (Å²) < 4.78 is 0. The summed E-state index contributed by atoms with van der Waals surface area (Å²) in [6, 6.07) is 0.116. The monoisotopic (exact) mass is 382 g/mol. The highest BCUT2D eigenvalue weighted by Crippen LogP contribution is 2.37. The van der Waals surface area contributed by atoms with Crippen molar-refractivity contribution in [3.63, 3.8) is 0 Å². The molecule has 1 heterocycles. The van der Waals surface area contributed by atoms with E-state index in [-0.39, 0.29) is 22.7 Å². The number of halogens is 2. The molecule has 6 nitrogen and oxygen atoms in total. The Hall–Kier alpha value is -0.110. The molecule has 0 spiro atoms. The second-order valence-corrected chi connectivity index (χ2v) is 8.03. The summed E-state index contributed by atoms with van der Waals surface area (Å²) in [5.41, 5.74) is 0. The number of alkyl halides is 2. The van der Waals surface area contributed by atoms with Crippen molar-refractivity contribution in [3.05, 3.63) is 0 Å². The molecule has 1 aliphatic heterocycles. The van der Waals surface area contributed by atoms with Crippen LogP contribution in [-0.4, -0.2) is 81.9 Å². The molecule has 0 aromatic heterocycles. The summed E-state index contributed by atoms with van der Waals surface area (Å²) >= 11 is 12.5. The molecule has 0 bridgehead atoms. The Morgan fingerprint density at radius 3 is 2.38 bits per heavy atom. The van der Waals surface area contributed by atoms with Crippen LogP contribution in [0.2, 0.25) is 0 Å². The van der Waals surface area contributed by atoms with E-state index >= 15 is 0 Å². The molecular formula is C16H28Cl2N2O4. The van der Waals surface area contributed by atoms with E-state index < -0.39 is 24.7 Å². The molecule has 1 saturated carbocycles. The maximum Gasteiger partial charge on any atom is 0.253 e. The summed E-state index contributed by atoms with van der Waals surface area (Å²) in [6.45, 7) is 0.539. The van der Waals surface area contributed by atoms with Gasteiger partial charge in [0.25, 0.3) is 5.91 Å². The van der Waals surface area contributed by atoms with Crippen LogP contribution in [0.4, 0.5) is 0 Å². The third kappa shape index (κ3) is 4.54. The van der Waals surface area contributed by atoms with Crippen LogP contribution in [0, 0.1) is 11.8 Å². The minimum Gasteiger partial charge on any atom is -0.393 e. The number of carbonyl (C=O) groups excluding carboxylic acids is 1. The fraction of sp³-hybridized carbons (Fsp3) is 0.938. The van der Waals surface area contributed by atoms with E-state index in [1.54, 1.807) is 4.90 Å². The number of hydrogen-bond donors (Lipinski definition) is 4. The van der Waals surface area contributed by atoms with Crippen LogP contribution in [-0.2, 0) is 4.79 Å². The predicted molar refractivity (Wildman–Crippen MR) is 93.3 cm³/mol. The normalized spacial score (nSPS) is 34.8. The van der Waals surface area contributed by atoms with Gasteiger partial charge in [-0.1, -0.05) is 0 Å². The molecule has 0 aromatic carbocycles. The molecule has 1 amide bonds. The summed E-state index contributed by atoms with van der Waals surface area (Å²) in [5, 5.41) is 31.8. The van der Waals surface area contributed by atoms with Crippen LogP contribution < -0.4 is 5.32 Å². The van der Waals surface area contributed by atoms with E-state index in [9.17, 15) is 15.0 Å². The zero-order valence-corrected chi connectivity index (χ0v) is 15.5. The van der Waals surface area contributed by atoms with Gasteiger partial charge in [-0.2, -0.15) is 0 Å². The Morgan fingerprint density at radius 2 is 1.83 bits per heavy atom. The molecule has 2 rings (SSSR count). The second-order valence-electron chi connectivity index (χ2n) is 6.91. The van der Waals surface area contributed by atoms with Crippen molar-refractivity contribution < 1.29 is 20.1 Å². The smallest absolute Gasteiger partial charge is 0.253 e. The number of aliphatic hydroxyl groups excluding tert-OH is 3. The second kappa shape index (κ2) is 9.01. The first-order valence-electron chi connectivity index (χ1n) is 8.60. The molecule has 140 valence electrons. The van der Waals surface area contributed by atoms with Crippen LogP contribution >= 0.6 is 23.2 Å². The molecule has 1 saturated heterocycles.